The first-order chi connectivity index (χ1) is 17.6. The fourth-order valence-corrected chi connectivity index (χ4v) is 3.99. The summed E-state index contributed by atoms with van der Waals surface area (Å²) in [4.78, 5) is 24.9. The number of hydrogen-bond acceptors (Lipinski definition) is 5. The number of carbonyl (C=O) groups is 2. The van der Waals surface area contributed by atoms with Crippen LogP contribution in [0.3, 0.4) is 0 Å². The van der Waals surface area contributed by atoms with Crippen LogP contribution < -0.4 is 9.47 Å². The maximum absolute atomic E-state index is 12.9. The van der Waals surface area contributed by atoms with Gasteiger partial charge in [-0.2, -0.15) is 0 Å². The van der Waals surface area contributed by atoms with Crippen molar-refractivity contribution in [2.24, 2.45) is 0 Å². The van der Waals surface area contributed by atoms with Crippen molar-refractivity contribution < 1.29 is 23.3 Å². The summed E-state index contributed by atoms with van der Waals surface area (Å²) >= 11 is 0. The van der Waals surface area contributed by atoms with Gasteiger partial charge in [-0.15, -0.1) is 0 Å². The third-order valence-corrected chi connectivity index (χ3v) is 6.06. The van der Waals surface area contributed by atoms with Crippen molar-refractivity contribution in [3.8, 4) is 35.2 Å². The first-order valence-corrected chi connectivity index (χ1v) is 11.9. The molecule has 4 aromatic carbocycles. The van der Waals surface area contributed by atoms with Crippen molar-refractivity contribution in [3.05, 3.63) is 120 Å². The number of rotatable bonds is 4. The van der Waals surface area contributed by atoms with Crippen LogP contribution in [-0.2, 0) is 20.4 Å². The topological polar surface area (TPSA) is 69.7 Å². The molecule has 0 saturated carbocycles. The normalized spacial score (nSPS) is 9.81. The second-order valence-electron chi connectivity index (χ2n) is 7.22. The fraction of sp³-hybridized carbons (Fsp3) is 0. The molecule has 0 bridgehead atoms. The zero-order valence-corrected chi connectivity index (χ0v) is 19.7. The van der Waals surface area contributed by atoms with Gasteiger partial charge in [0.05, 0.1) is 10.8 Å². The van der Waals surface area contributed by atoms with Gasteiger partial charge in [-0.3, -0.25) is 0 Å². The maximum Gasteiger partial charge on any atom is 0.390 e. The van der Waals surface area contributed by atoms with Crippen molar-refractivity contribution in [2.45, 2.75) is 9.79 Å². The van der Waals surface area contributed by atoms with Crippen molar-refractivity contribution in [3.63, 3.8) is 0 Å². The first-order valence-electron chi connectivity index (χ1n) is 10.8. The molecule has 5 nitrogen and oxygen atoms in total. The number of ether oxygens (including phenoxy) is 2. The minimum absolute atomic E-state index is 0.294. The molecule has 6 heteroatoms. The highest BCUT2D eigenvalue weighted by Crippen LogP contribution is 2.22. The molecule has 4 rings (SSSR count). The minimum atomic E-state index is -1.48. The van der Waals surface area contributed by atoms with Gasteiger partial charge in [-0.05, 0) is 72.8 Å². The van der Waals surface area contributed by atoms with Gasteiger partial charge in [0, 0.05) is 32.8 Å². The van der Waals surface area contributed by atoms with Crippen LogP contribution in [0.4, 0.5) is 0 Å². The summed E-state index contributed by atoms with van der Waals surface area (Å²) in [5, 5.41) is 0. The van der Waals surface area contributed by atoms with E-state index in [0.717, 1.165) is 0 Å². The maximum atomic E-state index is 12.9. The molecule has 0 aliphatic heterocycles. The number of esters is 2. The molecular weight excluding hydrogens is 472 g/mol. The standard InChI is InChI=1S/C30H18O5S/c31-29(21-11-23-7-3-1-4-8-23)34-25-13-17-27(18-14-25)36(33)28-19-15-26(16-20-28)35-30(32)22-12-24-9-5-2-6-10-24/h1-10,13-20H. The second kappa shape index (κ2) is 12.0. The monoisotopic (exact) mass is 490 g/mol. The Bertz CT molecular complexity index is 1390. The largest absolute Gasteiger partial charge is 0.417 e. The average Bonchev–Trinajstić information content (AvgIpc) is 2.92. The van der Waals surface area contributed by atoms with E-state index in [4.69, 9.17) is 9.47 Å². The molecule has 0 aliphatic rings. The van der Waals surface area contributed by atoms with Crippen LogP contribution in [0.1, 0.15) is 11.1 Å². The molecule has 0 heterocycles. The van der Waals surface area contributed by atoms with Crippen LogP contribution in [0.5, 0.6) is 11.5 Å². The Hall–Kier alpha value is -4.91. The van der Waals surface area contributed by atoms with E-state index in [1.165, 1.54) is 0 Å². The molecule has 0 radical (unpaired) electrons. The van der Waals surface area contributed by atoms with Crippen LogP contribution in [0.15, 0.2) is 119 Å². The van der Waals surface area contributed by atoms with E-state index >= 15 is 0 Å². The lowest BCUT2D eigenvalue weighted by Gasteiger charge is -2.05. The quantitative estimate of drug-likeness (QED) is 0.234. The number of carbonyl (C=O) groups excluding carboxylic acids is 2. The summed E-state index contributed by atoms with van der Waals surface area (Å²) in [6.45, 7) is 0. The van der Waals surface area contributed by atoms with Crippen LogP contribution >= 0.6 is 0 Å². The van der Waals surface area contributed by atoms with Crippen LogP contribution in [0, 0.1) is 23.7 Å². The highest BCUT2D eigenvalue weighted by molar-refractivity contribution is 7.85. The molecule has 0 amide bonds. The van der Waals surface area contributed by atoms with Gasteiger partial charge in [0.25, 0.3) is 0 Å². The van der Waals surface area contributed by atoms with E-state index in [9.17, 15) is 13.8 Å². The summed E-state index contributed by atoms with van der Waals surface area (Å²) in [5.74, 6) is 9.54. The molecule has 0 saturated heterocycles. The van der Waals surface area contributed by atoms with Gasteiger partial charge in [0.2, 0.25) is 0 Å². The number of hydrogen-bond donors (Lipinski definition) is 0. The smallest absolute Gasteiger partial charge is 0.390 e. The van der Waals surface area contributed by atoms with Gasteiger partial charge in [-0.1, -0.05) is 48.2 Å². The second-order valence-corrected chi connectivity index (χ2v) is 8.70. The van der Waals surface area contributed by atoms with Crippen LogP contribution in [0.25, 0.3) is 0 Å². The van der Waals surface area contributed by atoms with Gasteiger partial charge in [0.1, 0.15) is 11.5 Å². The van der Waals surface area contributed by atoms with Gasteiger partial charge in [0.15, 0.2) is 0 Å². The van der Waals surface area contributed by atoms with Crippen molar-refractivity contribution >= 4 is 22.7 Å². The predicted octanol–water partition coefficient (Wildman–Crippen LogP) is 4.77. The molecule has 0 N–H and O–H groups in total. The van der Waals surface area contributed by atoms with Gasteiger partial charge in [-0.25, -0.2) is 13.8 Å². The first kappa shape index (κ1) is 24.2. The average molecular weight is 491 g/mol. The van der Waals surface area contributed by atoms with Gasteiger partial charge < -0.3 is 9.47 Å². The fourth-order valence-electron chi connectivity index (χ4n) is 2.95. The Labute approximate surface area is 211 Å². The molecule has 0 spiro atoms. The molecule has 0 fully saturated rings. The zero-order valence-electron chi connectivity index (χ0n) is 18.8. The van der Waals surface area contributed by atoms with Crippen LogP contribution in [0.2, 0.25) is 0 Å². The summed E-state index contributed by atoms with van der Waals surface area (Å²) in [6, 6.07) is 30.9. The lowest BCUT2D eigenvalue weighted by atomic mass is 10.2. The van der Waals surface area contributed by atoms with E-state index in [1.54, 1.807) is 72.8 Å². The van der Waals surface area contributed by atoms with Gasteiger partial charge >= 0.3 is 11.9 Å². The summed E-state index contributed by atoms with van der Waals surface area (Å²) < 4.78 is 23.3. The summed E-state index contributed by atoms with van der Waals surface area (Å²) in [5.41, 5.74) is 1.42. The van der Waals surface area contributed by atoms with E-state index in [-0.39, 0.29) is 0 Å². The van der Waals surface area contributed by atoms with Crippen LogP contribution in [-0.4, -0.2) is 16.1 Å². The molecule has 0 aromatic heterocycles. The highest BCUT2D eigenvalue weighted by atomic mass is 32.2. The highest BCUT2D eigenvalue weighted by Gasteiger charge is 2.10. The lowest BCUT2D eigenvalue weighted by Crippen LogP contribution is -2.05. The van der Waals surface area contributed by atoms with Crippen molar-refractivity contribution in [1.29, 1.82) is 0 Å². The van der Waals surface area contributed by atoms with E-state index in [0.29, 0.717) is 32.4 Å². The Kier molecular flexibility index (Phi) is 8.07. The molecule has 0 atom stereocenters. The Morgan fingerprint density at radius 2 is 0.889 bits per heavy atom. The molecule has 36 heavy (non-hydrogen) atoms. The minimum Gasteiger partial charge on any atom is -0.417 e. The third-order valence-electron chi connectivity index (χ3n) is 4.66. The third kappa shape index (κ3) is 7.04. The zero-order chi connectivity index (χ0) is 25.2. The number of benzene rings is 4. The summed E-state index contributed by atoms with van der Waals surface area (Å²) in [7, 11) is -1.48. The molecule has 0 aliphatic carbocycles. The SMILES string of the molecule is O=C(C#Cc1ccccc1)Oc1ccc(S(=O)c2ccc(OC(=O)C#Cc3ccccc3)cc2)cc1. The molecular formula is C30H18O5S. The summed E-state index contributed by atoms with van der Waals surface area (Å²) in [6.07, 6.45) is 0. The molecule has 4 aromatic rings. The van der Waals surface area contributed by atoms with E-state index in [1.807, 2.05) is 36.4 Å². The Balaban J connectivity index is 1.33. The Morgan fingerprint density at radius 3 is 1.25 bits per heavy atom. The Morgan fingerprint density at radius 1 is 0.528 bits per heavy atom. The predicted molar refractivity (Wildman–Crippen MR) is 135 cm³/mol. The lowest BCUT2D eigenvalue weighted by molar-refractivity contribution is -0.128. The van der Waals surface area contributed by atoms with E-state index in [2.05, 4.69) is 23.7 Å². The van der Waals surface area contributed by atoms with Crippen molar-refractivity contribution in [1.82, 2.24) is 0 Å². The van der Waals surface area contributed by atoms with E-state index < -0.39 is 22.7 Å². The molecule has 174 valence electrons. The van der Waals surface area contributed by atoms with Crippen molar-refractivity contribution in [2.75, 3.05) is 0 Å². The molecule has 0 unspecified atom stereocenters.